The highest BCUT2D eigenvalue weighted by atomic mass is 19.5. The van der Waals surface area contributed by atoms with Gasteiger partial charge in [0.15, 0.2) is 0 Å². The van der Waals surface area contributed by atoms with Crippen molar-refractivity contribution in [1.82, 2.24) is 29.8 Å². The van der Waals surface area contributed by atoms with Crippen molar-refractivity contribution < 1.29 is 79.7 Å². The van der Waals surface area contributed by atoms with Crippen LogP contribution in [0.25, 0.3) is 11.1 Å². The summed E-state index contributed by atoms with van der Waals surface area (Å²) in [6.45, 7) is 35.2. The van der Waals surface area contributed by atoms with Gasteiger partial charge in [0, 0.05) is 58.3 Å². The molecule has 3 aliphatic rings. The first kappa shape index (κ1) is 77.9. The van der Waals surface area contributed by atoms with E-state index in [0.717, 1.165) is 99.8 Å². The highest BCUT2D eigenvalue weighted by molar-refractivity contribution is 6.50. The van der Waals surface area contributed by atoms with E-state index in [-0.39, 0.29) is 36.9 Å². The SMILES string of the molecule is C=CCCCCCC[NH+]1CCN(C(=O)OC(C)(C)C)CCN(C(=O)OC(C)(C)C)CC1.CC(C)(C)OC(=O)N1CCN(CCCCCCCCC[C@H](NC(=O)OCC2c3ccccc3-c3ccccc32)C(=O)O)CCN(C(=O)OC(C)(C)C)CC1.F[B-](F)(F)F. The van der Waals surface area contributed by atoms with Gasteiger partial charge in [0.2, 0.25) is 0 Å². The third kappa shape index (κ3) is 33.1. The number of allylic oxidation sites excluding steroid dienone is 1. The smallest absolute Gasteiger partial charge is 0.480 e. The molecule has 90 heavy (non-hydrogen) atoms. The summed E-state index contributed by atoms with van der Waals surface area (Å²) in [5.74, 6) is -1.15. The molecule has 19 nitrogen and oxygen atoms in total. The van der Waals surface area contributed by atoms with Crippen LogP contribution >= 0.6 is 0 Å². The highest BCUT2D eigenvalue weighted by Gasteiger charge is 2.33. The molecule has 0 saturated carbocycles. The second-order valence-electron chi connectivity index (χ2n) is 27.3. The van der Waals surface area contributed by atoms with Gasteiger partial charge in [0.1, 0.15) is 35.1 Å². The van der Waals surface area contributed by atoms with Gasteiger partial charge in [-0.3, -0.25) is 4.90 Å². The van der Waals surface area contributed by atoms with Crippen LogP contribution in [0.2, 0.25) is 0 Å². The first-order valence-electron chi connectivity index (χ1n) is 32.3. The fourth-order valence-electron chi connectivity index (χ4n) is 10.4. The van der Waals surface area contributed by atoms with E-state index in [4.69, 9.17) is 23.7 Å². The van der Waals surface area contributed by atoms with Crippen LogP contribution < -0.4 is 10.2 Å². The number of fused-ring (bicyclic) bond motifs is 3. The average molecular weight is 1280 g/mol. The van der Waals surface area contributed by atoms with Crippen molar-refractivity contribution >= 4 is 43.7 Å². The Bertz CT molecular complexity index is 2410. The van der Waals surface area contributed by atoms with Gasteiger partial charge in [-0.05, 0) is 150 Å². The number of ether oxygens (including phenoxy) is 5. The Morgan fingerprint density at radius 2 is 0.911 bits per heavy atom. The molecular formula is C66H108BF4N7O12. The number of carbonyl (C=O) groups excluding carboxylic acids is 5. The van der Waals surface area contributed by atoms with Crippen molar-refractivity contribution in [2.75, 3.05) is 98.2 Å². The molecule has 2 aliphatic heterocycles. The highest BCUT2D eigenvalue weighted by Crippen LogP contribution is 2.44. The Kier molecular flexibility index (Phi) is 32.8. The molecule has 5 rings (SSSR count). The second-order valence-corrected chi connectivity index (χ2v) is 27.3. The minimum atomic E-state index is -6.00. The van der Waals surface area contributed by atoms with Gasteiger partial charge in [0.05, 0.1) is 32.7 Å². The lowest BCUT2D eigenvalue weighted by Crippen LogP contribution is -3.13. The van der Waals surface area contributed by atoms with Crippen LogP contribution in [0.1, 0.15) is 184 Å². The van der Waals surface area contributed by atoms with E-state index in [1.165, 1.54) is 24.2 Å². The van der Waals surface area contributed by atoms with Crippen molar-refractivity contribution in [2.45, 2.75) is 201 Å². The van der Waals surface area contributed by atoms with Gasteiger partial charge in [-0.1, -0.05) is 99.6 Å². The Labute approximate surface area is 533 Å². The van der Waals surface area contributed by atoms with Gasteiger partial charge in [0.25, 0.3) is 0 Å². The third-order valence-corrected chi connectivity index (χ3v) is 14.8. The number of unbranched alkanes of at least 4 members (excludes halogenated alkanes) is 10. The molecular weight excluding hydrogens is 1170 g/mol. The standard InChI is InChI=1S/C42H62N4O8.C24H45N3O4.BF4/c1-41(2,3)53-39(50)45-26-24-44(25-27-46(29-28-45)40(51)54-42(4,5)6)23-17-11-9-7-8-10-12-22-36(37(47)48)43-38(49)52-30-35-33-20-15-13-18-31(33)32-19-14-16-21-34(32)35;1-8-9-10-11-12-13-14-25-15-17-26(21(28)30-23(2,3)4)19-20-27(18-16-25)22(29)31-24(5,6)7;2-1(3,4)5/h13-16,18-21,35-36H,7-12,17,22-30H2,1-6H3,(H,43,49)(H,47,48);8H,1,9-20H2,2-7H3;/q;;-1/p+1/t36-;;/m0../s1. The van der Waals surface area contributed by atoms with Crippen LogP contribution in [0.3, 0.4) is 0 Å². The average Bonchev–Trinajstić information content (AvgIpc) is 1.63. The summed E-state index contributed by atoms with van der Waals surface area (Å²) < 4.78 is 67.1. The Balaban J connectivity index is 0.000000496. The van der Waals surface area contributed by atoms with Gasteiger partial charge in [-0.15, -0.1) is 6.58 Å². The summed E-state index contributed by atoms with van der Waals surface area (Å²) in [7, 11) is -6.00. The number of carbonyl (C=O) groups is 6. The lowest BCUT2D eigenvalue weighted by molar-refractivity contribution is -0.898. The van der Waals surface area contributed by atoms with Crippen LogP contribution in [0, 0.1) is 0 Å². The van der Waals surface area contributed by atoms with E-state index in [1.54, 1.807) is 19.6 Å². The number of hydrogen-bond donors (Lipinski definition) is 3. The number of nitrogens with one attached hydrogen (secondary N) is 2. The summed E-state index contributed by atoms with van der Waals surface area (Å²) in [4.78, 5) is 86.5. The number of alkyl carbamates (subject to hydrolysis) is 1. The van der Waals surface area contributed by atoms with Crippen LogP contribution in [0.4, 0.5) is 41.2 Å². The Morgan fingerprint density at radius 1 is 0.556 bits per heavy atom. The summed E-state index contributed by atoms with van der Waals surface area (Å²) in [5.41, 5.74) is 2.17. The fraction of sp³-hybridized carbons (Fsp3) is 0.697. The van der Waals surface area contributed by atoms with Gasteiger partial charge >= 0.3 is 43.7 Å². The maximum absolute atomic E-state index is 13.0. The first-order valence-corrected chi connectivity index (χ1v) is 32.3. The van der Waals surface area contributed by atoms with Crippen molar-refractivity contribution in [2.24, 2.45) is 0 Å². The van der Waals surface area contributed by atoms with E-state index >= 15 is 0 Å². The van der Waals surface area contributed by atoms with Gasteiger partial charge in [-0.25, -0.2) is 28.8 Å². The topological polar surface area (TPSA) is 201 Å². The fourth-order valence-corrected chi connectivity index (χ4v) is 10.4. The molecule has 0 unspecified atom stereocenters. The maximum Gasteiger partial charge on any atom is 0.673 e. The van der Waals surface area contributed by atoms with Crippen LogP contribution in [0.15, 0.2) is 61.2 Å². The first-order chi connectivity index (χ1) is 42.0. The molecule has 3 N–H and O–H groups in total. The quantitative estimate of drug-likeness (QED) is 0.0351. The van der Waals surface area contributed by atoms with Crippen molar-refractivity contribution in [3.8, 4) is 11.1 Å². The molecule has 24 heteroatoms. The van der Waals surface area contributed by atoms with Crippen LogP contribution in [-0.2, 0) is 28.5 Å². The Morgan fingerprint density at radius 3 is 1.31 bits per heavy atom. The lowest BCUT2D eigenvalue weighted by Gasteiger charge is -2.30. The molecule has 1 atom stereocenters. The summed E-state index contributed by atoms with van der Waals surface area (Å²) in [5, 5.41) is 12.3. The molecule has 2 aromatic rings. The number of aliphatic carboxylic acids is 1. The molecule has 0 spiro atoms. The van der Waals surface area contributed by atoms with Crippen molar-refractivity contribution in [1.29, 1.82) is 0 Å². The van der Waals surface area contributed by atoms with Crippen molar-refractivity contribution in [3.05, 3.63) is 72.3 Å². The minimum absolute atomic E-state index is 0.0890. The number of quaternary nitrogens is 1. The maximum atomic E-state index is 13.0. The number of rotatable bonds is 21. The molecule has 2 aromatic carbocycles. The predicted octanol–water partition coefficient (Wildman–Crippen LogP) is 12.7. The summed E-state index contributed by atoms with van der Waals surface area (Å²) in [6, 6.07) is 15.2. The van der Waals surface area contributed by atoms with Crippen LogP contribution in [0.5, 0.6) is 0 Å². The summed E-state index contributed by atoms with van der Waals surface area (Å²) in [6.07, 6.45) is 12.7. The lowest BCUT2D eigenvalue weighted by atomic mass is 9.98. The van der Waals surface area contributed by atoms with Gasteiger partial charge in [-0.2, -0.15) is 0 Å². The molecule has 2 fully saturated rings. The zero-order valence-electron chi connectivity index (χ0n) is 56.1. The Hall–Kier alpha value is -6.30. The summed E-state index contributed by atoms with van der Waals surface area (Å²) >= 11 is 0. The normalized spacial score (nSPS) is 16.0. The number of carboxylic acids is 1. The second kappa shape index (κ2) is 37.9. The number of hydrogen-bond acceptors (Lipinski definition) is 12. The molecule has 2 heterocycles. The van der Waals surface area contributed by atoms with Crippen LogP contribution in [-0.4, -0.2) is 200 Å². The number of halogens is 4. The largest absolute Gasteiger partial charge is 0.673 e. The number of nitrogens with zero attached hydrogens (tertiary/aromatic N) is 5. The van der Waals surface area contributed by atoms with E-state index in [9.17, 15) is 51.1 Å². The molecule has 5 amide bonds. The van der Waals surface area contributed by atoms with E-state index < -0.39 is 47.8 Å². The zero-order valence-corrected chi connectivity index (χ0v) is 56.1. The number of amides is 5. The van der Waals surface area contributed by atoms with E-state index in [2.05, 4.69) is 28.9 Å². The zero-order chi connectivity index (χ0) is 67.3. The number of carboxylic acid groups (broad SMARTS) is 1. The molecule has 0 bridgehead atoms. The van der Waals surface area contributed by atoms with E-state index in [1.807, 2.05) is 126 Å². The molecule has 510 valence electrons. The molecule has 0 aromatic heterocycles. The monoisotopic (exact) mass is 1280 g/mol. The number of benzene rings is 2. The van der Waals surface area contributed by atoms with Gasteiger partial charge < -0.3 is 75.9 Å². The molecule has 2 saturated heterocycles. The minimum Gasteiger partial charge on any atom is -0.480 e. The third-order valence-electron chi connectivity index (χ3n) is 14.8. The molecule has 1 aliphatic carbocycles. The predicted molar refractivity (Wildman–Crippen MR) is 343 cm³/mol. The van der Waals surface area contributed by atoms with E-state index in [0.29, 0.717) is 78.3 Å². The van der Waals surface area contributed by atoms with Crippen molar-refractivity contribution in [3.63, 3.8) is 0 Å². The molecule has 0 radical (unpaired) electrons.